The third-order valence-corrected chi connectivity index (χ3v) is 7.43. The van der Waals surface area contributed by atoms with Crippen LogP contribution in [-0.2, 0) is 21.2 Å². The first-order chi connectivity index (χ1) is 17.9. The smallest absolute Gasteiger partial charge is 0.264 e. The molecule has 1 N–H and O–H groups in total. The lowest BCUT2D eigenvalue weighted by Crippen LogP contribution is -2.41. The number of hydrogen-bond donors (Lipinski definition) is 1. The quantitative estimate of drug-likeness (QED) is 0.312. The third-order valence-electron chi connectivity index (χ3n) is 5.65. The van der Waals surface area contributed by atoms with E-state index < -0.39 is 22.5 Å². The molecule has 0 saturated heterocycles. The van der Waals surface area contributed by atoms with Crippen LogP contribution >= 0.6 is 0 Å². The van der Waals surface area contributed by atoms with Gasteiger partial charge in [0.2, 0.25) is 5.91 Å². The predicted octanol–water partition coefficient (Wildman–Crippen LogP) is 4.44. The Kier molecular flexibility index (Phi) is 10.2. The summed E-state index contributed by atoms with van der Waals surface area (Å²) in [7, 11) is -1.14. The normalized spacial score (nSPS) is 11.0. The molecule has 0 radical (unpaired) electrons. The monoisotopic (exact) mass is 526 g/mol. The minimum atomic E-state index is -4.07. The highest BCUT2D eigenvalue weighted by molar-refractivity contribution is 7.92. The second kappa shape index (κ2) is 13.5. The van der Waals surface area contributed by atoms with Crippen LogP contribution in [0.1, 0.15) is 25.3 Å². The van der Waals surface area contributed by atoms with Gasteiger partial charge in [0.1, 0.15) is 23.8 Å². The zero-order valence-electron chi connectivity index (χ0n) is 21.5. The molecule has 0 aromatic heterocycles. The van der Waals surface area contributed by atoms with Gasteiger partial charge < -0.3 is 19.5 Å². The van der Waals surface area contributed by atoms with Crippen molar-refractivity contribution in [1.82, 2.24) is 5.32 Å². The molecule has 0 atom stereocenters. The van der Waals surface area contributed by atoms with E-state index in [1.54, 1.807) is 36.4 Å². The molecule has 0 aliphatic heterocycles. The van der Waals surface area contributed by atoms with Crippen LogP contribution < -0.4 is 23.8 Å². The van der Waals surface area contributed by atoms with Gasteiger partial charge in [-0.1, -0.05) is 43.3 Å². The Morgan fingerprint density at radius 3 is 2.35 bits per heavy atom. The largest absolute Gasteiger partial charge is 0.497 e. The number of benzene rings is 3. The highest BCUT2D eigenvalue weighted by Gasteiger charge is 2.29. The van der Waals surface area contributed by atoms with Crippen LogP contribution in [0.15, 0.2) is 77.7 Å². The van der Waals surface area contributed by atoms with Crippen LogP contribution in [0, 0.1) is 0 Å². The van der Waals surface area contributed by atoms with Crippen LogP contribution in [0.3, 0.4) is 0 Å². The fraction of sp³-hybridized carbons (Fsp3) is 0.321. The number of sulfonamides is 1. The minimum absolute atomic E-state index is 0.0661. The molecule has 0 saturated carbocycles. The lowest BCUT2D eigenvalue weighted by molar-refractivity contribution is -0.119. The molecule has 0 aliphatic carbocycles. The van der Waals surface area contributed by atoms with Gasteiger partial charge in [-0.15, -0.1) is 0 Å². The molecule has 0 unspecified atom stereocenters. The SMILES string of the molecule is CCCOc1ccccc1CCCNC(=O)CN(c1cc(OC)ccc1OC)S(=O)(=O)c1ccccc1. The van der Waals surface area contributed by atoms with Crippen molar-refractivity contribution in [2.45, 2.75) is 31.1 Å². The van der Waals surface area contributed by atoms with E-state index in [2.05, 4.69) is 12.2 Å². The van der Waals surface area contributed by atoms with E-state index in [4.69, 9.17) is 14.2 Å². The number of rotatable bonds is 14. The molecule has 0 heterocycles. The highest BCUT2D eigenvalue weighted by atomic mass is 32.2. The van der Waals surface area contributed by atoms with E-state index in [9.17, 15) is 13.2 Å². The predicted molar refractivity (Wildman–Crippen MR) is 144 cm³/mol. The van der Waals surface area contributed by atoms with Crippen molar-refractivity contribution >= 4 is 21.6 Å². The van der Waals surface area contributed by atoms with Crippen LogP contribution in [0.5, 0.6) is 17.2 Å². The second-order valence-corrected chi connectivity index (χ2v) is 10.1. The van der Waals surface area contributed by atoms with Crippen molar-refractivity contribution in [1.29, 1.82) is 0 Å². The molecule has 37 heavy (non-hydrogen) atoms. The van der Waals surface area contributed by atoms with E-state index in [-0.39, 0.29) is 10.6 Å². The minimum Gasteiger partial charge on any atom is -0.497 e. The maximum Gasteiger partial charge on any atom is 0.264 e. The van der Waals surface area contributed by atoms with Crippen molar-refractivity contribution in [3.8, 4) is 17.2 Å². The van der Waals surface area contributed by atoms with Crippen molar-refractivity contribution < 1.29 is 27.4 Å². The van der Waals surface area contributed by atoms with Gasteiger partial charge in [0.25, 0.3) is 10.0 Å². The van der Waals surface area contributed by atoms with E-state index in [1.807, 2.05) is 24.3 Å². The van der Waals surface area contributed by atoms with Gasteiger partial charge >= 0.3 is 0 Å². The van der Waals surface area contributed by atoms with Crippen molar-refractivity contribution in [2.75, 3.05) is 38.2 Å². The Hall–Kier alpha value is -3.72. The van der Waals surface area contributed by atoms with Gasteiger partial charge in [0.05, 0.1) is 31.4 Å². The molecule has 9 heteroatoms. The Morgan fingerprint density at radius 1 is 0.919 bits per heavy atom. The Bertz CT molecular complexity index is 1260. The number of anilines is 1. The maximum atomic E-state index is 13.6. The molecule has 198 valence electrons. The summed E-state index contributed by atoms with van der Waals surface area (Å²) in [6, 6.07) is 20.6. The maximum absolute atomic E-state index is 13.6. The Morgan fingerprint density at radius 2 is 1.65 bits per heavy atom. The van der Waals surface area contributed by atoms with E-state index in [0.717, 1.165) is 28.5 Å². The molecule has 0 bridgehead atoms. The number of aryl methyl sites for hydroxylation is 1. The van der Waals surface area contributed by atoms with Gasteiger partial charge in [-0.05, 0) is 55.2 Å². The van der Waals surface area contributed by atoms with Gasteiger partial charge in [-0.3, -0.25) is 9.10 Å². The zero-order chi connectivity index (χ0) is 26.7. The number of para-hydroxylation sites is 1. The van der Waals surface area contributed by atoms with Gasteiger partial charge in [0.15, 0.2) is 0 Å². The first-order valence-corrected chi connectivity index (χ1v) is 13.6. The first-order valence-electron chi connectivity index (χ1n) is 12.2. The molecule has 8 nitrogen and oxygen atoms in total. The lowest BCUT2D eigenvalue weighted by Gasteiger charge is -2.26. The number of ether oxygens (including phenoxy) is 3. The Balaban J connectivity index is 1.75. The number of nitrogens with one attached hydrogen (secondary N) is 1. The van der Waals surface area contributed by atoms with Gasteiger partial charge in [-0.2, -0.15) is 0 Å². The summed E-state index contributed by atoms with van der Waals surface area (Å²) in [5.74, 6) is 1.16. The van der Waals surface area contributed by atoms with Gasteiger partial charge in [-0.25, -0.2) is 8.42 Å². The zero-order valence-corrected chi connectivity index (χ0v) is 22.3. The van der Waals surface area contributed by atoms with Crippen molar-refractivity contribution in [3.05, 3.63) is 78.4 Å². The van der Waals surface area contributed by atoms with Crippen LogP contribution in [0.2, 0.25) is 0 Å². The van der Waals surface area contributed by atoms with Gasteiger partial charge in [0, 0.05) is 12.6 Å². The number of nitrogens with zero attached hydrogens (tertiary/aromatic N) is 1. The molecule has 3 aromatic rings. The molecule has 0 fully saturated rings. The summed E-state index contributed by atoms with van der Waals surface area (Å²) in [6.07, 6.45) is 2.31. The number of hydrogen-bond acceptors (Lipinski definition) is 6. The molecule has 0 spiro atoms. The summed E-state index contributed by atoms with van der Waals surface area (Å²) < 4.78 is 44.8. The molecule has 0 aliphatic rings. The lowest BCUT2D eigenvalue weighted by atomic mass is 10.1. The van der Waals surface area contributed by atoms with E-state index in [1.165, 1.54) is 26.4 Å². The van der Waals surface area contributed by atoms with Crippen LogP contribution in [-0.4, -0.2) is 48.2 Å². The molecular formula is C28H34N2O6S. The third kappa shape index (κ3) is 7.39. The topological polar surface area (TPSA) is 94.2 Å². The summed E-state index contributed by atoms with van der Waals surface area (Å²) >= 11 is 0. The highest BCUT2D eigenvalue weighted by Crippen LogP contribution is 2.35. The summed E-state index contributed by atoms with van der Waals surface area (Å²) in [5, 5.41) is 2.85. The summed E-state index contributed by atoms with van der Waals surface area (Å²) in [4.78, 5) is 13.0. The van der Waals surface area contributed by atoms with Crippen molar-refractivity contribution in [3.63, 3.8) is 0 Å². The molecule has 3 rings (SSSR count). The van der Waals surface area contributed by atoms with Crippen LogP contribution in [0.25, 0.3) is 0 Å². The standard InChI is InChI=1S/C28H34N2O6S/c1-4-19-36-26-15-9-8-11-22(26)12-10-18-29-28(31)21-30(37(32,33)24-13-6-5-7-14-24)25-20-23(34-2)16-17-27(25)35-3/h5-9,11,13-17,20H,4,10,12,18-19,21H2,1-3H3,(H,29,31). The average molecular weight is 527 g/mol. The van der Waals surface area contributed by atoms with E-state index in [0.29, 0.717) is 31.1 Å². The summed E-state index contributed by atoms with van der Waals surface area (Å²) in [6.45, 7) is 2.67. The number of amides is 1. The first kappa shape index (κ1) is 27.9. The molecular weight excluding hydrogens is 492 g/mol. The Labute approximate surface area is 219 Å². The fourth-order valence-electron chi connectivity index (χ4n) is 3.77. The second-order valence-electron chi connectivity index (χ2n) is 8.27. The molecule has 1 amide bonds. The van der Waals surface area contributed by atoms with Crippen LogP contribution in [0.4, 0.5) is 5.69 Å². The average Bonchev–Trinajstić information content (AvgIpc) is 2.93. The summed E-state index contributed by atoms with van der Waals surface area (Å²) in [5.41, 5.74) is 1.28. The van der Waals surface area contributed by atoms with Crippen molar-refractivity contribution in [2.24, 2.45) is 0 Å². The number of carbonyl (C=O) groups excluding carboxylic acids is 1. The molecule has 3 aromatic carbocycles. The number of methoxy groups -OCH3 is 2. The number of carbonyl (C=O) groups is 1. The fourth-order valence-corrected chi connectivity index (χ4v) is 5.21. The van der Waals surface area contributed by atoms with E-state index >= 15 is 0 Å².